The number of carbonyl (C=O) groups is 1. The van der Waals surface area contributed by atoms with E-state index in [2.05, 4.69) is 17.4 Å². The molecular formula is C13H16ClNO2. The van der Waals surface area contributed by atoms with Crippen LogP contribution in [0.2, 0.25) is 0 Å². The molecule has 1 aromatic rings. The summed E-state index contributed by atoms with van der Waals surface area (Å²) in [6.07, 6.45) is 1.30. The minimum Gasteiger partial charge on any atom is -0.371 e. The van der Waals surface area contributed by atoms with Crippen LogP contribution in [0.3, 0.4) is 0 Å². The van der Waals surface area contributed by atoms with Gasteiger partial charge in [-0.25, -0.2) is 0 Å². The fourth-order valence-corrected chi connectivity index (χ4v) is 2.11. The molecule has 0 bridgehead atoms. The first-order chi connectivity index (χ1) is 8.29. The Morgan fingerprint density at radius 2 is 2.18 bits per heavy atom. The highest BCUT2D eigenvalue weighted by Gasteiger charge is 2.18. The first-order valence-corrected chi connectivity index (χ1v) is 6.34. The van der Waals surface area contributed by atoms with Crippen LogP contribution in [-0.2, 0) is 22.6 Å². The van der Waals surface area contributed by atoms with E-state index in [1.807, 2.05) is 12.1 Å². The number of halogens is 1. The second kappa shape index (κ2) is 6.03. The van der Waals surface area contributed by atoms with E-state index >= 15 is 0 Å². The number of hydrogen-bond donors (Lipinski definition) is 1. The second-order valence-electron chi connectivity index (χ2n) is 4.15. The van der Waals surface area contributed by atoms with Crippen LogP contribution in [-0.4, -0.2) is 24.4 Å². The molecule has 0 aromatic heterocycles. The van der Waals surface area contributed by atoms with Crippen LogP contribution in [0, 0.1) is 0 Å². The minimum atomic E-state index is -0.0116. The van der Waals surface area contributed by atoms with E-state index in [4.69, 9.17) is 16.3 Å². The van der Waals surface area contributed by atoms with Crippen LogP contribution in [0.1, 0.15) is 17.5 Å². The first-order valence-electron chi connectivity index (χ1n) is 5.80. The summed E-state index contributed by atoms with van der Waals surface area (Å²) in [5.74, 6) is 0.350. The van der Waals surface area contributed by atoms with Crippen molar-refractivity contribution in [1.82, 2.24) is 5.32 Å². The molecule has 0 aliphatic carbocycles. The smallest absolute Gasteiger partial charge is 0.221 e. The Morgan fingerprint density at radius 3 is 2.94 bits per heavy atom. The van der Waals surface area contributed by atoms with E-state index in [1.165, 1.54) is 11.1 Å². The van der Waals surface area contributed by atoms with Crippen LogP contribution in [0.5, 0.6) is 0 Å². The lowest BCUT2D eigenvalue weighted by Crippen LogP contribution is -2.36. The van der Waals surface area contributed by atoms with Gasteiger partial charge in [-0.2, -0.15) is 0 Å². The zero-order valence-corrected chi connectivity index (χ0v) is 10.4. The Bertz CT molecular complexity index is 395. The molecule has 1 aliphatic rings. The maximum atomic E-state index is 11.3. The highest BCUT2D eigenvalue weighted by molar-refractivity contribution is 6.18. The van der Waals surface area contributed by atoms with Gasteiger partial charge in [-0.05, 0) is 11.1 Å². The van der Waals surface area contributed by atoms with Gasteiger partial charge in [0.1, 0.15) is 0 Å². The van der Waals surface area contributed by atoms with Crippen molar-refractivity contribution in [2.24, 2.45) is 0 Å². The van der Waals surface area contributed by atoms with Crippen molar-refractivity contribution in [1.29, 1.82) is 0 Å². The molecule has 1 heterocycles. The standard InChI is InChI=1S/C13H16ClNO2/c14-6-5-13(16)15-8-12-7-10-3-1-2-4-11(10)9-17-12/h1-4,12H,5-9H2,(H,15,16). The second-order valence-corrected chi connectivity index (χ2v) is 4.53. The van der Waals surface area contributed by atoms with Gasteiger partial charge < -0.3 is 10.1 Å². The van der Waals surface area contributed by atoms with Crippen LogP contribution in [0.4, 0.5) is 0 Å². The first kappa shape index (κ1) is 12.4. The molecule has 1 N–H and O–H groups in total. The van der Waals surface area contributed by atoms with Crippen LogP contribution in [0.15, 0.2) is 24.3 Å². The summed E-state index contributed by atoms with van der Waals surface area (Å²) in [4.78, 5) is 11.3. The molecule has 0 saturated carbocycles. The molecule has 17 heavy (non-hydrogen) atoms. The third kappa shape index (κ3) is 3.45. The SMILES string of the molecule is O=C(CCCl)NCC1Cc2ccccc2CO1. The van der Waals surface area contributed by atoms with Gasteiger partial charge in [0, 0.05) is 25.3 Å². The van der Waals surface area contributed by atoms with Gasteiger partial charge in [0.15, 0.2) is 0 Å². The van der Waals surface area contributed by atoms with Gasteiger partial charge in [-0.1, -0.05) is 24.3 Å². The molecule has 0 spiro atoms. The van der Waals surface area contributed by atoms with E-state index in [1.54, 1.807) is 0 Å². The fourth-order valence-electron chi connectivity index (χ4n) is 1.94. The van der Waals surface area contributed by atoms with Crippen molar-refractivity contribution >= 4 is 17.5 Å². The number of fused-ring (bicyclic) bond motifs is 1. The molecule has 1 amide bonds. The van der Waals surface area contributed by atoms with Crippen LogP contribution >= 0.6 is 11.6 Å². The molecule has 1 aliphatic heterocycles. The van der Waals surface area contributed by atoms with Gasteiger partial charge >= 0.3 is 0 Å². The summed E-state index contributed by atoms with van der Waals surface area (Å²) in [7, 11) is 0. The highest BCUT2D eigenvalue weighted by atomic mass is 35.5. The minimum absolute atomic E-state index is 0.0116. The lowest BCUT2D eigenvalue weighted by atomic mass is 9.99. The number of nitrogens with one attached hydrogen (secondary N) is 1. The van der Waals surface area contributed by atoms with Crippen LogP contribution in [0.25, 0.3) is 0 Å². The van der Waals surface area contributed by atoms with Gasteiger partial charge in [-0.15, -0.1) is 11.6 Å². The molecule has 4 heteroatoms. The van der Waals surface area contributed by atoms with Crippen molar-refractivity contribution in [3.63, 3.8) is 0 Å². The van der Waals surface area contributed by atoms with Gasteiger partial charge in [0.05, 0.1) is 12.7 Å². The third-order valence-corrected chi connectivity index (χ3v) is 3.08. The quantitative estimate of drug-likeness (QED) is 0.832. The molecule has 0 fully saturated rings. The molecule has 92 valence electrons. The molecule has 1 unspecified atom stereocenters. The predicted molar refractivity (Wildman–Crippen MR) is 67.1 cm³/mol. The number of ether oxygens (including phenoxy) is 1. The average molecular weight is 254 g/mol. The largest absolute Gasteiger partial charge is 0.371 e. The van der Waals surface area contributed by atoms with Gasteiger partial charge in [0.25, 0.3) is 0 Å². The number of carbonyl (C=O) groups excluding carboxylic acids is 1. The molecule has 0 saturated heterocycles. The summed E-state index contributed by atoms with van der Waals surface area (Å²) in [6.45, 7) is 1.19. The maximum absolute atomic E-state index is 11.3. The summed E-state index contributed by atoms with van der Waals surface area (Å²) in [5.41, 5.74) is 2.56. The summed E-state index contributed by atoms with van der Waals surface area (Å²) in [5, 5.41) is 2.84. The lowest BCUT2D eigenvalue weighted by molar-refractivity contribution is -0.121. The maximum Gasteiger partial charge on any atom is 0.221 e. The Labute approximate surface area is 106 Å². The fraction of sp³-hybridized carbons (Fsp3) is 0.462. The van der Waals surface area contributed by atoms with E-state index in [0.717, 1.165) is 6.42 Å². The number of rotatable bonds is 4. The van der Waals surface area contributed by atoms with E-state index in [-0.39, 0.29) is 12.0 Å². The number of alkyl halides is 1. The number of amides is 1. The monoisotopic (exact) mass is 253 g/mol. The Morgan fingerprint density at radius 1 is 1.41 bits per heavy atom. The number of hydrogen-bond acceptors (Lipinski definition) is 2. The Kier molecular flexibility index (Phi) is 4.40. The van der Waals surface area contributed by atoms with E-state index < -0.39 is 0 Å². The Hall–Kier alpha value is -1.06. The molecule has 1 aromatic carbocycles. The predicted octanol–water partition coefficient (Wildman–Crippen LogP) is 1.87. The van der Waals surface area contributed by atoms with Gasteiger partial charge in [-0.3, -0.25) is 4.79 Å². The topological polar surface area (TPSA) is 38.3 Å². The van der Waals surface area contributed by atoms with Crippen molar-refractivity contribution in [3.8, 4) is 0 Å². The zero-order chi connectivity index (χ0) is 12.1. The average Bonchev–Trinajstić information content (AvgIpc) is 2.36. The normalized spacial score (nSPS) is 18.5. The molecule has 2 rings (SSSR count). The molecule has 3 nitrogen and oxygen atoms in total. The highest BCUT2D eigenvalue weighted by Crippen LogP contribution is 2.19. The molecule has 1 atom stereocenters. The Balaban J connectivity index is 1.84. The summed E-state index contributed by atoms with van der Waals surface area (Å²) >= 11 is 5.49. The van der Waals surface area contributed by atoms with Crippen molar-refractivity contribution in [2.45, 2.75) is 25.6 Å². The summed E-state index contributed by atoms with van der Waals surface area (Å²) in [6, 6.07) is 8.25. The molecular weight excluding hydrogens is 238 g/mol. The van der Waals surface area contributed by atoms with Crippen molar-refractivity contribution in [2.75, 3.05) is 12.4 Å². The third-order valence-electron chi connectivity index (χ3n) is 2.89. The van der Waals surface area contributed by atoms with E-state index in [9.17, 15) is 4.79 Å². The van der Waals surface area contributed by atoms with Crippen LogP contribution < -0.4 is 5.32 Å². The zero-order valence-electron chi connectivity index (χ0n) is 9.62. The molecule has 0 radical (unpaired) electrons. The van der Waals surface area contributed by atoms with E-state index in [0.29, 0.717) is 25.5 Å². The lowest BCUT2D eigenvalue weighted by Gasteiger charge is -2.25. The van der Waals surface area contributed by atoms with Gasteiger partial charge in [0.2, 0.25) is 5.91 Å². The van der Waals surface area contributed by atoms with Crippen molar-refractivity contribution in [3.05, 3.63) is 35.4 Å². The summed E-state index contributed by atoms with van der Waals surface area (Å²) < 4.78 is 5.69. The van der Waals surface area contributed by atoms with Crippen molar-refractivity contribution < 1.29 is 9.53 Å². The number of benzene rings is 1.